The predicted molar refractivity (Wildman–Crippen MR) is 242 cm³/mol. The monoisotopic (exact) mass is 807 g/mol. The van der Waals surface area contributed by atoms with Crippen LogP contribution >= 0.6 is 0 Å². The molecule has 0 aliphatic carbocycles. The lowest BCUT2D eigenvalue weighted by molar-refractivity contribution is 0.0749. The predicted octanol–water partition coefficient (Wildman–Crippen LogP) is 12.2. The minimum Gasteiger partial charge on any atom is -0.461 e. The van der Waals surface area contributed by atoms with E-state index >= 15 is 0 Å². The van der Waals surface area contributed by atoms with Crippen molar-refractivity contribution in [3.05, 3.63) is 45.9 Å². The molecule has 2 aromatic heterocycles. The number of aromatic amines is 1. The molecule has 0 saturated heterocycles. The van der Waals surface area contributed by atoms with Crippen LogP contribution in [0.5, 0.6) is 6.01 Å². The third-order valence-electron chi connectivity index (χ3n) is 11.5. The number of hydrogen-bond donors (Lipinski definition) is 2. The van der Waals surface area contributed by atoms with Crippen LogP contribution in [0.3, 0.4) is 0 Å². The van der Waals surface area contributed by atoms with Crippen LogP contribution in [0.25, 0.3) is 11.2 Å². The number of ether oxygens (including phenoxy) is 2. The Bertz CT molecular complexity index is 1510. The number of amides is 1. The van der Waals surface area contributed by atoms with Crippen molar-refractivity contribution in [2.75, 3.05) is 39.1 Å². The van der Waals surface area contributed by atoms with E-state index in [2.05, 4.69) is 33.7 Å². The number of carbonyl (C=O) groups excluding carboxylic acids is 1. The van der Waals surface area contributed by atoms with Gasteiger partial charge in [-0.1, -0.05) is 193 Å². The van der Waals surface area contributed by atoms with Crippen molar-refractivity contribution in [2.24, 2.45) is 0 Å². The van der Waals surface area contributed by atoms with Crippen molar-refractivity contribution in [1.82, 2.24) is 24.4 Å². The number of rotatable bonds is 37. The van der Waals surface area contributed by atoms with Crippen molar-refractivity contribution < 1.29 is 14.3 Å². The quantitative estimate of drug-likeness (QED) is 0.0555. The lowest BCUT2D eigenvalue weighted by Gasteiger charge is -2.23. The second-order valence-electron chi connectivity index (χ2n) is 16.6. The van der Waals surface area contributed by atoms with Crippen molar-refractivity contribution in [3.63, 3.8) is 0 Å². The molecule has 1 amide bonds. The maximum absolute atomic E-state index is 13.9. The van der Waals surface area contributed by atoms with Gasteiger partial charge in [-0.05, 0) is 30.5 Å². The third-order valence-corrected chi connectivity index (χ3v) is 11.5. The summed E-state index contributed by atoms with van der Waals surface area (Å²) in [6.07, 6.45) is 37.1. The summed E-state index contributed by atoms with van der Waals surface area (Å²) in [7, 11) is 1.59. The molecule has 0 unspecified atom stereocenters. The van der Waals surface area contributed by atoms with Gasteiger partial charge >= 0.3 is 11.7 Å². The molecule has 1 aromatic carbocycles. The largest absolute Gasteiger partial charge is 0.461 e. The molecule has 3 N–H and O–H groups in total. The highest BCUT2D eigenvalue weighted by Gasteiger charge is 2.18. The first-order valence-corrected chi connectivity index (χ1v) is 23.7. The molecule has 0 radical (unpaired) electrons. The lowest BCUT2D eigenvalue weighted by Crippen LogP contribution is -2.33. The summed E-state index contributed by atoms with van der Waals surface area (Å²) in [6.45, 7) is 7.08. The Morgan fingerprint density at radius 1 is 0.638 bits per heavy atom. The van der Waals surface area contributed by atoms with Crippen LogP contribution < -0.4 is 16.2 Å². The molecule has 0 bridgehead atoms. The SMILES string of the molecule is CCCCCCCCCCCCCCCCN(CCCCCCCCCCCCCCCC)C(=O)c1ccc(Cn2c(=O)[nH]c3c(N)nc(OCCOC)nc32)cc1. The van der Waals surface area contributed by atoms with Gasteiger partial charge in [0.2, 0.25) is 0 Å². The molecule has 58 heavy (non-hydrogen) atoms. The number of methoxy groups -OCH3 is 1. The number of imidazole rings is 1. The van der Waals surface area contributed by atoms with Crippen molar-refractivity contribution in [1.29, 1.82) is 0 Å². The summed E-state index contributed by atoms with van der Waals surface area (Å²) in [4.78, 5) is 40.4. The molecule has 328 valence electrons. The number of carbonyl (C=O) groups is 1. The number of aromatic nitrogens is 4. The van der Waals surface area contributed by atoms with Crippen LogP contribution in [0.1, 0.15) is 210 Å². The summed E-state index contributed by atoms with van der Waals surface area (Å²) in [5.41, 5.74) is 8.11. The van der Waals surface area contributed by atoms with Gasteiger partial charge in [-0.15, -0.1) is 0 Å². The summed E-state index contributed by atoms with van der Waals surface area (Å²) < 4.78 is 12.1. The molecule has 0 fully saturated rings. The zero-order valence-electron chi connectivity index (χ0n) is 37.1. The summed E-state index contributed by atoms with van der Waals surface area (Å²) >= 11 is 0. The molecule has 3 aromatic rings. The van der Waals surface area contributed by atoms with E-state index in [1.807, 2.05) is 24.3 Å². The van der Waals surface area contributed by atoms with Crippen LogP contribution in [0, 0.1) is 0 Å². The highest BCUT2D eigenvalue weighted by Crippen LogP contribution is 2.20. The number of fused-ring (bicyclic) bond motifs is 1. The number of benzene rings is 1. The van der Waals surface area contributed by atoms with Gasteiger partial charge in [0.05, 0.1) is 13.2 Å². The van der Waals surface area contributed by atoms with E-state index in [-0.39, 0.29) is 36.6 Å². The molecular weight excluding hydrogens is 725 g/mol. The average molecular weight is 807 g/mol. The first-order chi connectivity index (χ1) is 28.5. The van der Waals surface area contributed by atoms with Gasteiger partial charge in [0, 0.05) is 25.8 Å². The van der Waals surface area contributed by atoms with Crippen LogP contribution in [-0.4, -0.2) is 63.7 Å². The van der Waals surface area contributed by atoms with E-state index in [0.717, 1.165) is 31.5 Å². The number of nitrogens with zero attached hydrogens (tertiary/aromatic N) is 4. The van der Waals surface area contributed by atoms with Gasteiger partial charge in [-0.2, -0.15) is 9.97 Å². The van der Waals surface area contributed by atoms with Crippen LogP contribution in [0.2, 0.25) is 0 Å². The van der Waals surface area contributed by atoms with Crippen LogP contribution in [0.4, 0.5) is 5.82 Å². The minimum atomic E-state index is -0.335. The molecule has 0 atom stereocenters. The molecule has 10 nitrogen and oxygen atoms in total. The normalized spacial score (nSPS) is 11.5. The number of nitrogen functional groups attached to an aromatic ring is 1. The number of nitrogens with one attached hydrogen (secondary N) is 1. The van der Waals surface area contributed by atoms with Crippen molar-refractivity contribution >= 4 is 22.9 Å². The number of H-pyrrole nitrogens is 1. The third kappa shape index (κ3) is 20.0. The Kier molecular flexibility index (Phi) is 26.6. The maximum atomic E-state index is 13.9. The summed E-state index contributed by atoms with van der Waals surface area (Å²) in [5, 5.41) is 0. The minimum absolute atomic E-state index is 0.0911. The van der Waals surface area contributed by atoms with E-state index < -0.39 is 0 Å². The second kappa shape index (κ2) is 31.5. The summed E-state index contributed by atoms with van der Waals surface area (Å²) in [5.74, 6) is 0.241. The van der Waals surface area contributed by atoms with E-state index in [4.69, 9.17) is 15.2 Å². The van der Waals surface area contributed by atoms with E-state index in [1.54, 1.807) is 7.11 Å². The molecule has 0 spiro atoms. The first kappa shape index (κ1) is 49.0. The van der Waals surface area contributed by atoms with E-state index in [0.29, 0.717) is 23.3 Å². The Hall–Kier alpha value is -3.40. The van der Waals surface area contributed by atoms with Gasteiger partial charge in [-0.3, -0.25) is 9.36 Å². The van der Waals surface area contributed by atoms with Gasteiger partial charge < -0.3 is 25.1 Å². The standard InChI is InChI=1S/C48H82N6O4/c1-4-6-8-10-12-14-16-18-20-22-24-26-28-30-36-53(37-31-29-27-25-23-21-19-17-15-13-11-9-7-5-2)46(55)42-34-32-41(33-35-42)40-54-45-43(50-48(54)56)44(49)51-47(52-45)58-39-38-57-3/h32-35H,4-31,36-40H2,1-3H3,(H,50,56)(H2,49,51,52). The zero-order chi connectivity index (χ0) is 41.5. The smallest absolute Gasteiger partial charge is 0.328 e. The van der Waals surface area contributed by atoms with Gasteiger partial charge in [0.1, 0.15) is 12.1 Å². The van der Waals surface area contributed by atoms with E-state index in [1.165, 1.54) is 172 Å². The Labute approximate surface area is 351 Å². The topological polar surface area (TPSA) is 128 Å². The summed E-state index contributed by atoms with van der Waals surface area (Å²) in [6, 6.07) is 7.73. The van der Waals surface area contributed by atoms with Crippen molar-refractivity contribution in [3.8, 4) is 6.01 Å². The molecule has 10 heteroatoms. The van der Waals surface area contributed by atoms with Crippen molar-refractivity contribution in [2.45, 2.75) is 200 Å². The Morgan fingerprint density at radius 2 is 1.07 bits per heavy atom. The Morgan fingerprint density at radius 3 is 1.50 bits per heavy atom. The highest BCUT2D eigenvalue weighted by molar-refractivity contribution is 5.94. The van der Waals surface area contributed by atoms with E-state index in [9.17, 15) is 9.59 Å². The molecule has 0 aliphatic heterocycles. The van der Waals surface area contributed by atoms with Gasteiger partial charge in [-0.25, -0.2) is 4.79 Å². The first-order valence-electron chi connectivity index (χ1n) is 23.7. The van der Waals surface area contributed by atoms with Gasteiger partial charge in [0.25, 0.3) is 5.91 Å². The Balaban J connectivity index is 1.47. The fourth-order valence-corrected chi connectivity index (χ4v) is 7.89. The number of hydrogen-bond acceptors (Lipinski definition) is 7. The zero-order valence-corrected chi connectivity index (χ0v) is 37.1. The van der Waals surface area contributed by atoms with Crippen LogP contribution in [-0.2, 0) is 11.3 Å². The average Bonchev–Trinajstić information content (AvgIpc) is 3.54. The molecule has 2 heterocycles. The second-order valence-corrected chi connectivity index (χ2v) is 16.6. The molecule has 3 rings (SSSR count). The highest BCUT2D eigenvalue weighted by atomic mass is 16.5. The fourth-order valence-electron chi connectivity index (χ4n) is 7.89. The van der Waals surface area contributed by atoms with Crippen LogP contribution in [0.15, 0.2) is 29.1 Å². The number of unbranched alkanes of at least 4 members (excludes halogenated alkanes) is 26. The molecular formula is C48H82N6O4. The number of anilines is 1. The number of nitrogens with two attached hydrogens (primary N) is 1. The lowest BCUT2D eigenvalue weighted by atomic mass is 10.0. The fraction of sp³-hybridized carbons (Fsp3) is 0.750. The van der Waals surface area contributed by atoms with Gasteiger partial charge in [0.15, 0.2) is 11.5 Å². The maximum Gasteiger partial charge on any atom is 0.328 e. The molecule has 0 saturated carbocycles. The molecule has 0 aliphatic rings.